The number of halogens is 1. The third-order valence-corrected chi connectivity index (χ3v) is 7.22. The van der Waals surface area contributed by atoms with E-state index in [1.807, 2.05) is 50.2 Å². The zero-order valence-corrected chi connectivity index (χ0v) is 19.9. The van der Waals surface area contributed by atoms with Crippen LogP contribution < -0.4 is 9.62 Å². The van der Waals surface area contributed by atoms with Gasteiger partial charge in [-0.25, -0.2) is 8.42 Å². The summed E-state index contributed by atoms with van der Waals surface area (Å²) in [5.41, 5.74) is 2.35. The van der Waals surface area contributed by atoms with E-state index >= 15 is 0 Å². The molecular weight excluding hydrogens is 476 g/mol. The Balaban J connectivity index is 1.91. The fourth-order valence-electron chi connectivity index (χ4n) is 3.26. The molecular formula is C24H25BrN2O3S. The van der Waals surface area contributed by atoms with Crippen molar-refractivity contribution in [3.8, 4) is 0 Å². The number of carbonyl (C=O) groups excluding carboxylic acids is 1. The van der Waals surface area contributed by atoms with Crippen molar-refractivity contribution < 1.29 is 13.2 Å². The first kappa shape index (κ1) is 23.0. The third-order valence-electron chi connectivity index (χ3n) is 4.94. The number of aryl methyl sites for hydroxylation is 1. The van der Waals surface area contributed by atoms with Gasteiger partial charge in [0.1, 0.15) is 6.54 Å². The molecule has 1 unspecified atom stereocenters. The Kier molecular flexibility index (Phi) is 7.51. The molecule has 0 heterocycles. The molecule has 0 aliphatic rings. The highest BCUT2D eigenvalue weighted by Gasteiger charge is 2.28. The van der Waals surface area contributed by atoms with E-state index in [2.05, 4.69) is 21.2 Å². The molecule has 1 atom stereocenters. The number of nitrogens with one attached hydrogen (secondary N) is 1. The zero-order chi connectivity index (χ0) is 22.4. The number of benzene rings is 3. The summed E-state index contributed by atoms with van der Waals surface area (Å²) in [5.74, 6) is -0.369. The molecule has 0 aliphatic heterocycles. The Morgan fingerprint density at radius 2 is 1.68 bits per heavy atom. The van der Waals surface area contributed by atoms with Crippen LogP contribution in [0, 0.1) is 6.92 Å². The molecule has 1 N–H and O–H groups in total. The molecule has 0 bridgehead atoms. The van der Waals surface area contributed by atoms with Gasteiger partial charge in [-0.05, 0) is 49.2 Å². The van der Waals surface area contributed by atoms with Crippen molar-refractivity contribution in [2.45, 2.75) is 31.2 Å². The quantitative estimate of drug-likeness (QED) is 0.460. The van der Waals surface area contributed by atoms with Crippen molar-refractivity contribution in [1.82, 2.24) is 5.32 Å². The molecule has 1 amide bonds. The lowest BCUT2D eigenvalue weighted by Gasteiger charge is -2.26. The van der Waals surface area contributed by atoms with Crippen molar-refractivity contribution in [1.29, 1.82) is 0 Å². The van der Waals surface area contributed by atoms with Crippen molar-refractivity contribution in [3.05, 3.63) is 94.5 Å². The maximum atomic E-state index is 13.4. The Hall–Kier alpha value is -2.64. The first-order valence-corrected chi connectivity index (χ1v) is 12.2. The standard InChI is InChI=1S/C24H25BrN2O3S/c1-3-23(19-8-5-4-6-9-19)26-24(28)17-27(21-11-7-10-20(25)16-21)31(29,30)22-14-12-18(2)13-15-22/h4-16,23H,3,17H2,1-2H3,(H,26,28). The van der Waals surface area contributed by atoms with Gasteiger partial charge in [-0.3, -0.25) is 9.10 Å². The molecule has 3 rings (SSSR count). The van der Waals surface area contributed by atoms with Crippen LogP contribution in [0.15, 0.2) is 88.2 Å². The summed E-state index contributed by atoms with van der Waals surface area (Å²) in [5, 5.41) is 2.97. The molecule has 0 spiro atoms. The monoisotopic (exact) mass is 500 g/mol. The van der Waals surface area contributed by atoms with Crippen LogP contribution >= 0.6 is 15.9 Å². The van der Waals surface area contributed by atoms with Crippen LogP contribution in [0.25, 0.3) is 0 Å². The van der Waals surface area contributed by atoms with Gasteiger partial charge in [-0.15, -0.1) is 0 Å². The summed E-state index contributed by atoms with van der Waals surface area (Å²) in [4.78, 5) is 13.1. The van der Waals surface area contributed by atoms with E-state index in [1.54, 1.807) is 42.5 Å². The van der Waals surface area contributed by atoms with Gasteiger partial charge in [0, 0.05) is 4.47 Å². The van der Waals surface area contributed by atoms with Gasteiger partial charge in [0.15, 0.2) is 0 Å². The highest BCUT2D eigenvalue weighted by Crippen LogP contribution is 2.27. The molecule has 0 saturated heterocycles. The smallest absolute Gasteiger partial charge is 0.264 e. The van der Waals surface area contributed by atoms with Crippen molar-refractivity contribution in [2.24, 2.45) is 0 Å². The number of rotatable bonds is 8. The van der Waals surface area contributed by atoms with Gasteiger partial charge in [0.2, 0.25) is 5.91 Å². The maximum Gasteiger partial charge on any atom is 0.264 e. The summed E-state index contributed by atoms with van der Waals surface area (Å²) < 4.78 is 28.8. The second kappa shape index (κ2) is 10.1. The van der Waals surface area contributed by atoms with Crippen LogP contribution in [-0.2, 0) is 14.8 Å². The van der Waals surface area contributed by atoms with E-state index in [0.717, 1.165) is 19.9 Å². The van der Waals surface area contributed by atoms with E-state index in [9.17, 15) is 13.2 Å². The van der Waals surface area contributed by atoms with Crippen molar-refractivity contribution in [3.63, 3.8) is 0 Å². The van der Waals surface area contributed by atoms with E-state index in [0.29, 0.717) is 12.1 Å². The fourth-order valence-corrected chi connectivity index (χ4v) is 5.06. The zero-order valence-electron chi connectivity index (χ0n) is 17.5. The second-order valence-electron chi connectivity index (χ2n) is 7.24. The van der Waals surface area contributed by atoms with Crippen LogP contribution in [-0.4, -0.2) is 20.9 Å². The predicted molar refractivity (Wildman–Crippen MR) is 127 cm³/mol. The summed E-state index contributed by atoms with van der Waals surface area (Å²) in [7, 11) is -3.94. The average Bonchev–Trinajstić information content (AvgIpc) is 2.76. The molecule has 0 saturated carbocycles. The summed E-state index contributed by atoms with van der Waals surface area (Å²) in [6, 6.07) is 23.0. The lowest BCUT2D eigenvalue weighted by Crippen LogP contribution is -2.42. The average molecular weight is 501 g/mol. The number of sulfonamides is 1. The normalized spacial score (nSPS) is 12.2. The summed E-state index contributed by atoms with van der Waals surface area (Å²) in [6.07, 6.45) is 0.692. The Morgan fingerprint density at radius 1 is 1.00 bits per heavy atom. The maximum absolute atomic E-state index is 13.4. The van der Waals surface area contributed by atoms with Gasteiger partial charge in [-0.1, -0.05) is 76.9 Å². The highest BCUT2D eigenvalue weighted by atomic mass is 79.9. The third kappa shape index (κ3) is 5.74. The Bertz CT molecular complexity index is 1130. The van der Waals surface area contributed by atoms with E-state index in [4.69, 9.17) is 0 Å². The van der Waals surface area contributed by atoms with Crippen LogP contribution in [0.3, 0.4) is 0 Å². The number of hydrogen-bond donors (Lipinski definition) is 1. The lowest BCUT2D eigenvalue weighted by molar-refractivity contribution is -0.120. The summed E-state index contributed by atoms with van der Waals surface area (Å²) >= 11 is 3.39. The van der Waals surface area contributed by atoms with Gasteiger partial charge >= 0.3 is 0 Å². The first-order valence-electron chi connectivity index (χ1n) is 10.0. The van der Waals surface area contributed by atoms with E-state index < -0.39 is 10.0 Å². The molecule has 3 aromatic carbocycles. The van der Waals surface area contributed by atoms with Crippen LogP contribution in [0.4, 0.5) is 5.69 Å². The molecule has 7 heteroatoms. The minimum atomic E-state index is -3.94. The van der Waals surface area contributed by atoms with Crippen LogP contribution in [0.2, 0.25) is 0 Å². The number of anilines is 1. The van der Waals surface area contributed by atoms with Gasteiger partial charge in [0.05, 0.1) is 16.6 Å². The van der Waals surface area contributed by atoms with Crippen molar-refractivity contribution >= 4 is 37.5 Å². The summed E-state index contributed by atoms with van der Waals surface area (Å²) in [6.45, 7) is 3.55. The van der Waals surface area contributed by atoms with Crippen molar-refractivity contribution in [2.75, 3.05) is 10.8 Å². The number of nitrogens with zero attached hydrogens (tertiary/aromatic N) is 1. The topological polar surface area (TPSA) is 66.5 Å². The highest BCUT2D eigenvalue weighted by molar-refractivity contribution is 9.10. The largest absolute Gasteiger partial charge is 0.348 e. The Labute approximate surface area is 192 Å². The number of hydrogen-bond acceptors (Lipinski definition) is 3. The second-order valence-corrected chi connectivity index (χ2v) is 10.0. The van der Waals surface area contributed by atoms with Crippen LogP contribution in [0.5, 0.6) is 0 Å². The van der Waals surface area contributed by atoms with E-state index in [1.165, 1.54) is 0 Å². The van der Waals surface area contributed by atoms with Gasteiger partial charge < -0.3 is 5.32 Å². The molecule has 0 aromatic heterocycles. The number of carbonyl (C=O) groups is 1. The lowest BCUT2D eigenvalue weighted by atomic mass is 10.0. The van der Waals surface area contributed by atoms with E-state index in [-0.39, 0.29) is 23.4 Å². The number of amides is 1. The SMILES string of the molecule is CCC(NC(=O)CN(c1cccc(Br)c1)S(=O)(=O)c1ccc(C)cc1)c1ccccc1. The predicted octanol–water partition coefficient (Wildman–Crippen LogP) is 5.22. The van der Waals surface area contributed by atoms with Gasteiger partial charge in [-0.2, -0.15) is 0 Å². The minimum Gasteiger partial charge on any atom is -0.348 e. The molecule has 0 fully saturated rings. The molecule has 5 nitrogen and oxygen atoms in total. The van der Waals surface area contributed by atoms with Gasteiger partial charge in [0.25, 0.3) is 10.0 Å². The fraction of sp³-hybridized carbons (Fsp3) is 0.208. The molecule has 162 valence electrons. The molecule has 0 radical (unpaired) electrons. The molecule has 31 heavy (non-hydrogen) atoms. The molecule has 0 aliphatic carbocycles. The Morgan fingerprint density at radius 3 is 2.29 bits per heavy atom. The van der Waals surface area contributed by atoms with Crippen LogP contribution in [0.1, 0.15) is 30.5 Å². The molecule has 3 aromatic rings. The first-order chi connectivity index (χ1) is 14.8. The minimum absolute atomic E-state index is 0.140.